The van der Waals surface area contributed by atoms with E-state index in [2.05, 4.69) is 4.98 Å². The lowest BCUT2D eigenvalue weighted by molar-refractivity contribution is 0.00578. The topological polar surface area (TPSA) is 98.2 Å². The summed E-state index contributed by atoms with van der Waals surface area (Å²) in [5.74, 6) is 0. The second kappa shape index (κ2) is 7.86. The molecule has 1 N–H and O–H groups in total. The summed E-state index contributed by atoms with van der Waals surface area (Å²) in [6, 6.07) is 0. The molecule has 1 aliphatic heterocycles. The Labute approximate surface area is 159 Å². The molecule has 1 aromatic heterocycles. The number of carbonyl (C=O) groups is 2. The van der Waals surface area contributed by atoms with E-state index in [1.807, 2.05) is 34.6 Å². The molecule has 0 radical (unpaired) electrons. The average molecular weight is 378 g/mol. The highest BCUT2D eigenvalue weighted by Gasteiger charge is 2.52. The van der Waals surface area contributed by atoms with Crippen LogP contribution >= 0.6 is 0 Å². The maximum absolute atomic E-state index is 12.3. The van der Waals surface area contributed by atoms with Crippen molar-refractivity contribution in [2.24, 2.45) is 0 Å². The van der Waals surface area contributed by atoms with Gasteiger partial charge in [-0.1, -0.05) is 13.3 Å². The number of carboxylic acid groups (broad SMARTS) is 1. The van der Waals surface area contributed by atoms with E-state index in [-0.39, 0.29) is 12.3 Å². The lowest BCUT2D eigenvalue weighted by atomic mass is 9.77. The van der Waals surface area contributed by atoms with Crippen molar-refractivity contribution >= 4 is 30.5 Å². The van der Waals surface area contributed by atoms with Crippen molar-refractivity contribution in [2.45, 2.75) is 65.6 Å². The number of rotatable bonds is 5. The van der Waals surface area contributed by atoms with Crippen molar-refractivity contribution in [3.63, 3.8) is 0 Å². The Kier molecular flexibility index (Phi) is 6.16. The molecule has 0 bridgehead atoms. The molecule has 1 saturated heterocycles. The third-order valence-electron chi connectivity index (χ3n) is 5.07. The first-order valence-electron chi connectivity index (χ1n) is 9.01. The van der Waals surface area contributed by atoms with E-state index in [4.69, 9.17) is 14.0 Å². The van der Waals surface area contributed by atoms with E-state index in [1.165, 1.54) is 6.20 Å². The van der Waals surface area contributed by atoms with Crippen LogP contribution in [-0.2, 0) is 14.0 Å². The zero-order valence-electron chi connectivity index (χ0n) is 16.7. The minimum Gasteiger partial charge on any atom is -0.464 e. The van der Waals surface area contributed by atoms with Crippen LogP contribution in [0.4, 0.5) is 15.3 Å². The Bertz CT molecular complexity index is 706. The van der Waals surface area contributed by atoms with Crippen LogP contribution in [0.1, 0.15) is 53.0 Å². The molecule has 1 fully saturated rings. The highest BCUT2D eigenvalue weighted by atomic mass is 16.7. The standard InChI is InChI=1S/C18H27BN2O6/c1-7-8-9-25-16(24)21(15(22)23)14-11-20-10-13(12(14)2)19-26-17(3,4)18(5,6)27-19/h10-11H,7-9H2,1-6H3,(H,22,23). The third-order valence-corrected chi connectivity index (χ3v) is 5.07. The van der Waals surface area contributed by atoms with Crippen LogP contribution in [0.2, 0.25) is 0 Å². The van der Waals surface area contributed by atoms with Crippen molar-refractivity contribution in [3.8, 4) is 0 Å². The van der Waals surface area contributed by atoms with E-state index in [9.17, 15) is 14.7 Å². The predicted octanol–water partition coefficient (Wildman–Crippen LogP) is 3.11. The van der Waals surface area contributed by atoms with Gasteiger partial charge in [0.05, 0.1) is 29.7 Å². The van der Waals surface area contributed by atoms with Crippen molar-refractivity contribution in [2.75, 3.05) is 11.5 Å². The summed E-state index contributed by atoms with van der Waals surface area (Å²) >= 11 is 0. The summed E-state index contributed by atoms with van der Waals surface area (Å²) in [5, 5.41) is 9.54. The number of nitrogens with zero attached hydrogens (tertiary/aromatic N) is 2. The van der Waals surface area contributed by atoms with Gasteiger partial charge in [0.25, 0.3) is 0 Å². The summed E-state index contributed by atoms with van der Waals surface area (Å²) in [6.45, 7) is 11.5. The summed E-state index contributed by atoms with van der Waals surface area (Å²) in [6.07, 6.45) is 1.98. The SMILES string of the molecule is CCCCOC(=O)N(C(=O)O)c1cncc(B2OC(C)(C)C(C)(C)O2)c1C. The number of unbranched alkanes of at least 4 members (excludes halogenated alkanes) is 1. The number of amides is 2. The first-order valence-corrected chi connectivity index (χ1v) is 9.01. The molecule has 0 saturated carbocycles. The van der Waals surface area contributed by atoms with Gasteiger partial charge in [-0.15, -0.1) is 0 Å². The lowest BCUT2D eigenvalue weighted by Gasteiger charge is -2.32. The fourth-order valence-corrected chi connectivity index (χ4v) is 2.61. The van der Waals surface area contributed by atoms with E-state index < -0.39 is 30.5 Å². The summed E-state index contributed by atoms with van der Waals surface area (Å²) < 4.78 is 17.1. The quantitative estimate of drug-likeness (QED) is 0.621. The number of hydrogen-bond donors (Lipinski definition) is 1. The second-order valence-electron chi connectivity index (χ2n) is 7.55. The van der Waals surface area contributed by atoms with Gasteiger partial charge in [0.2, 0.25) is 0 Å². The second-order valence-corrected chi connectivity index (χ2v) is 7.55. The van der Waals surface area contributed by atoms with E-state index in [0.29, 0.717) is 22.3 Å². The van der Waals surface area contributed by atoms with Crippen LogP contribution in [0.15, 0.2) is 12.4 Å². The van der Waals surface area contributed by atoms with E-state index >= 15 is 0 Å². The van der Waals surface area contributed by atoms with Crippen molar-refractivity contribution < 1.29 is 28.7 Å². The maximum Gasteiger partial charge on any atom is 0.496 e. The average Bonchev–Trinajstić information content (AvgIpc) is 2.77. The van der Waals surface area contributed by atoms with Crippen molar-refractivity contribution in [1.82, 2.24) is 4.98 Å². The van der Waals surface area contributed by atoms with Gasteiger partial charge < -0.3 is 19.2 Å². The molecule has 0 unspecified atom stereocenters. The Morgan fingerprint density at radius 3 is 2.33 bits per heavy atom. The molecule has 2 amide bonds. The minimum absolute atomic E-state index is 0.121. The summed E-state index contributed by atoms with van der Waals surface area (Å²) in [7, 11) is -0.714. The molecule has 8 nitrogen and oxygen atoms in total. The number of pyridine rings is 1. The molecule has 0 spiro atoms. The molecule has 1 aliphatic rings. The van der Waals surface area contributed by atoms with E-state index in [0.717, 1.165) is 6.42 Å². The normalized spacial score (nSPS) is 17.6. The third kappa shape index (κ3) is 4.25. The highest BCUT2D eigenvalue weighted by Crippen LogP contribution is 2.37. The van der Waals surface area contributed by atoms with Gasteiger partial charge in [0.15, 0.2) is 0 Å². The zero-order chi connectivity index (χ0) is 20.4. The first-order chi connectivity index (χ1) is 12.5. The van der Waals surface area contributed by atoms with Gasteiger partial charge in [-0.05, 0) is 46.6 Å². The maximum atomic E-state index is 12.3. The Balaban J connectivity index is 2.35. The smallest absolute Gasteiger partial charge is 0.464 e. The largest absolute Gasteiger partial charge is 0.496 e. The van der Waals surface area contributed by atoms with Crippen LogP contribution in [0.3, 0.4) is 0 Å². The number of hydrogen-bond acceptors (Lipinski definition) is 6. The number of ether oxygens (including phenoxy) is 1. The molecule has 0 atom stereocenters. The predicted molar refractivity (Wildman–Crippen MR) is 101 cm³/mol. The van der Waals surface area contributed by atoms with Gasteiger partial charge in [-0.2, -0.15) is 4.90 Å². The molecule has 9 heteroatoms. The van der Waals surface area contributed by atoms with Crippen LogP contribution in [0.25, 0.3) is 0 Å². The van der Waals surface area contributed by atoms with Gasteiger partial charge in [0, 0.05) is 11.7 Å². The zero-order valence-corrected chi connectivity index (χ0v) is 16.7. The molecule has 27 heavy (non-hydrogen) atoms. The Morgan fingerprint density at radius 2 is 1.81 bits per heavy atom. The molecule has 2 heterocycles. The number of anilines is 1. The first kappa shape index (κ1) is 21.2. The number of carbonyl (C=O) groups excluding carboxylic acids is 1. The Morgan fingerprint density at radius 1 is 1.22 bits per heavy atom. The van der Waals surface area contributed by atoms with Gasteiger partial charge in [-0.25, -0.2) is 9.59 Å². The van der Waals surface area contributed by atoms with Gasteiger partial charge in [0.1, 0.15) is 0 Å². The molecule has 0 aliphatic carbocycles. The highest BCUT2D eigenvalue weighted by molar-refractivity contribution is 6.62. The van der Waals surface area contributed by atoms with E-state index in [1.54, 1.807) is 13.1 Å². The Hall–Kier alpha value is -2.13. The fraction of sp³-hybridized carbons (Fsp3) is 0.611. The summed E-state index contributed by atoms with van der Waals surface area (Å²) in [5.41, 5.74) is 0.116. The minimum atomic E-state index is -1.44. The lowest BCUT2D eigenvalue weighted by Crippen LogP contribution is -2.41. The van der Waals surface area contributed by atoms with Gasteiger partial charge >= 0.3 is 19.3 Å². The number of aromatic nitrogens is 1. The number of imide groups is 1. The summed E-state index contributed by atoms with van der Waals surface area (Å²) in [4.78, 5) is 28.6. The molecule has 0 aromatic carbocycles. The molecule has 148 valence electrons. The fourth-order valence-electron chi connectivity index (χ4n) is 2.61. The van der Waals surface area contributed by atoms with Crippen LogP contribution in [-0.4, -0.2) is 47.2 Å². The van der Waals surface area contributed by atoms with Crippen LogP contribution < -0.4 is 10.4 Å². The van der Waals surface area contributed by atoms with Crippen molar-refractivity contribution in [1.29, 1.82) is 0 Å². The van der Waals surface area contributed by atoms with Crippen molar-refractivity contribution in [3.05, 3.63) is 18.0 Å². The molecule has 2 rings (SSSR count). The molecular formula is C18H27BN2O6. The van der Waals surface area contributed by atoms with Crippen LogP contribution in [0, 0.1) is 6.92 Å². The monoisotopic (exact) mass is 378 g/mol. The van der Waals surface area contributed by atoms with Crippen LogP contribution in [0.5, 0.6) is 0 Å². The molecular weight excluding hydrogens is 351 g/mol. The molecule has 1 aromatic rings. The van der Waals surface area contributed by atoms with Gasteiger partial charge in [-0.3, -0.25) is 4.98 Å².